The SMILES string of the molecule is CNc1ccc(OCC(F)(F)F)c([N+](=O)[O-])c1. The van der Waals surface area contributed by atoms with Gasteiger partial charge < -0.3 is 10.1 Å². The average molecular weight is 250 g/mol. The van der Waals surface area contributed by atoms with Crippen molar-refractivity contribution in [3.05, 3.63) is 28.3 Å². The lowest BCUT2D eigenvalue weighted by atomic mass is 10.2. The summed E-state index contributed by atoms with van der Waals surface area (Å²) >= 11 is 0. The number of nitro groups is 1. The fraction of sp³-hybridized carbons (Fsp3) is 0.333. The van der Waals surface area contributed by atoms with Crippen LogP contribution in [0.25, 0.3) is 0 Å². The molecule has 0 bridgehead atoms. The molecule has 0 amide bonds. The average Bonchev–Trinajstić information content (AvgIpc) is 2.25. The minimum atomic E-state index is -4.53. The number of hydrogen-bond donors (Lipinski definition) is 1. The molecular formula is C9H9F3N2O3. The van der Waals surface area contributed by atoms with Crippen LogP contribution in [0.1, 0.15) is 0 Å². The molecule has 0 aromatic heterocycles. The van der Waals surface area contributed by atoms with Gasteiger partial charge in [-0.15, -0.1) is 0 Å². The monoisotopic (exact) mass is 250 g/mol. The maximum atomic E-state index is 11.9. The number of hydrogen-bond acceptors (Lipinski definition) is 4. The number of nitro benzene ring substituents is 1. The highest BCUT2D eigenvalue weighted by Crippen LogP contribution is 2.31. The Labute approximate surface area is 94.3 Å². The summed E-state index contributed by atoms with van der Waals surface area (Å²) in [5.41, 5.74) is -0.0999. The van der Waals surface area contributed by atoms with Gasteiger partial charge in [0.2, 0.25) is 0 Å². The van der Waals surface area contributed by atoms with E-state index in [-0.39, 0.29) is 0 Å². The van der Waals surface area contributed by atoms with Crippen molar-refractivity contribution in [3.8, 4) is 5.75 Å². The van der Waals surface area contributed by atoms with Crippen molar-refractivity contribution in [1.82, 2.24) is 0 Å². The van der Waals surface area contributed by atoms with Crippen molar-refractivity contribution in [2.75, 3.05) is 19.0 Å². The summed E-state index contributed by atoms with van der Waals surface area (Å²) in [5, 5.41) is 13.3. The number of ether oxygens (including phenoxy) is 1. The van der Waals surface area contributed by atoms with Crippen molar-refractivity contribution >= 4 is 11.4 Å². The van der Waals surface area contributed by atoms with Gasteiger partial charge in [0.05, 0.1) is 4.92 Å². The van der Waals surface area contributed by atoms with Crippen LogP contribution in [0.15, 0.2) is 18.2 Å². The lowest BCUT2D eigenvalue weighted by molar-refractivity contribution is -0.386. The van der Waals surface area contributed by atoms with Crippen molar-refractivity contribution in [1.29, 1.82) is 0 Å². The Bertz CT molecular complexity index is 420. The lowest BCUT2D eigenvalue weighted by Gasteiger charge is -2.10. The van der Waals surface area contributed by atoms with Crippen molar-refractivity contribution in [2.24, 2.45) is 0 Å². The van der Waals surface area contributed by atoms with Gasteiger partial charge in [-0.25, -0.2) is 0 Å². The Hall–Kier alpha value is -1.99. The van der Waals surface area contributed by atoms with Gasteiger partial charge in [0.25, 0.3) is 0 Å². The van der Waals surface area contributed by atoms with Crippen LogP contribution in [-0.2, 0) is 0 Å². The number of halogens is 3. The van der Waals surface area contributed by atoms with Crippen LogP contribution in [-0.4, -0.2) is 24.8 Å². The fourth-order valence-electron chi connectivity index (χ4n) is 1.10. The normalized spacial score (nSPS) is 11.1. The molecule has 5 nitrogen and oxygen atoms in total. The molecule has 1 N–H and O–H groups in total. The second-order valence-corrected chi connectivity index (χ2v) is 3.09. The molecule has 94 valence electrons. The van der Waals surface area contributed by atoms with Crippen molar-refractivity contribution < 1.29 is 22.8 Å². The largest absolute Gasteiger partial charge is 0.477 e. The van der Waals surface area contributed by atoms with Crippen LogP contribution in [0, 0.1) is 10.1 Å². The molecule has 8 heteroatoms. The van der Waals surface area contributed by atoms with E-state index < -0.39 is 29.1 Å². The Morgan fingerprint density at radius 1 is 1.47 bits per heavy atom. The quantitative estimate of drug-likeness (QED) is 0.658. The molecule has 0 unspecified atom stereocenters. The smallest absolute Gasteiger partial charge is 0.422 e. The maximum Gasteiger partial charge on any atom is 0.422 e. The van der Waals surface area contributed by atoms with E-state index in [2.05, 4.69) is 10.1 Å². The summed E-state index contributed by atoms with van der Waals surface area (Å²) in [6, 6.07) is 3.61. The maximum absolute atomic E-state index is 11.9. The highest BCUT2D eigenvalue weighted by atomic mass is 19.4. The molecule has 17 heavy (non-hydrogen) atoms. The number of anilines is 1. The number of benzene rings is 1. The molecular weight excluding hydrogens is 241 g/mol. The second-order valence-electron chi connectivity index (χ2n) is 3.09. The van der Waals surface area contributed by atoms with E-state index in [9.17, 15) is 23.3 Å². The number of nitrogens with one attached hydrogen (secondary N) is 1. The first-order chi connectivity index (χ1) is 7.83. The summed E-state index contributed by atoms with van der Waals surface area (Å²) in [6.45, 7) is -1.56. The number of rotatable bonds is 4. The predicted octanol–water partition coefficient (Wildman–Crippen LogP) is 2.58. The minimum Gasteiger partial charge on any atom is -0.477 e. The Morgan fingerprint density at radius 2 is 2.12 bits per heavy atom. The molecule has 0 radical (unpaired) electrons. The van der Waals surface area contributed by atoms with E-state index >= 15 is 0 Å². The third-order valence-corrected chi connectivity index (χ3v) is 1.84. The van der Waals surface area contributed by atoms with Gasteiger partial charge in [-0.2, -0.15) is 13.2 Å². The minimum absolute atomic E-state index is 0.411. The molecule has 1 rings (SSSR count). The van der Waals surface area contributed by atoms with E-state index in [0.717, 1.165) is 12.1 Å². The molecule has 0 saturated carbocycles. The first kappa shape index (κ1) is 13.1. The summed E-state index contributed by atoms with van der Waals surface area (Å²) in [7, 11) is 1.54. The number of alkyl halides is 3. The summed E-state index contributed by atoms with van der Waals surface area (Å²) < 4.78 is 40.1. The zero-order chi connectivity index (χ0) is 13.1. The predicted molar refractivity (Wildman–Crippen MR) is 54.2 cm³/mol. The molecule has 0 fully saturated rings. The van der Waals surface area contributed by atoms with Gasteiger partial charge in [-0.1, -0.05) is 0 Å². The summed E-state index contributed by atoms with van der Waals surface area (Å²) in [5.74, 6) is -0.411. The van der Waals surface area contributed by atoms with Gasteiger partial charge in [0.1, 0.15) is 0 Å². The van der Waals surface area contributed by atoms with E-state index in [1.54, 1.807) is 0 Å². The van der Waals surface area contributed by atoms with Gasteiger partial charge in [-0.3, -0.25) is 10.1 Å². The van der Waals surface area contributed by atoms with Crippen LogP contribution < -0.4 is 10.1 Å². The molecule has 0 aliphatic rings. The third kappa shape index (κ3) is 3.82. The van der Waals surface area contributed by atoms with Crippen molar-refractivity contribution in [2.45, 2.75) is 6.18 Å². The molecule has 0 atom stereocenters. The van der Waals surface area contributed by atoms with Crippen LogP contribution in [0.2, 0.25) is 0 Å². The highest BCUT2D eigenvalue weighted by Gasteiger charge is 2.30. The third-order valence-electron chi connectivity index (χ3n) is 1.84. The molecule has 0 saturated heterocycles. The molecule has 0 aliphatic carbocycles. The Kier molecular flexibility index (Phi) is 3.77. The standard InChI is InChI=1S/C9H9F3N2O3/c1-13-6-2-3-8(7(4-6)14(15)16)17-5-9(10,11)12/h2-4,13H,5H2,1H3. The highest BCUT2D eigenvalue weighted by molar-refractivity contribution is 5.58. The molecule has 0 heterocycles. The van der Waals surface area contributed by atoms with Crippen LogP contribution in [0.5, 0.6) is 5.75 Å². The van der Waals surface area contributed by atoms with E-state index in [1.807, 2.05) is 0 Å². The van der Waals surface area contributed by atoms with Gasteiger partial charge in [0.15, 0.2) is 12.4 Å². The van der Waals surface area contributed by atoms with Crippen LogP contribution >= 0.6 is 0 Å². The van der Waals surface area contributed by atoms with Gasteiger partial charge in [0, 0.05) is 18.8 Å². The summed E-state index contributed by atoms with van der Waals surface area (Å²) in [6.07, 6.45) is -4.53. The first-order valence-electron chi connectivity index (χ1n) is 4.49. The summed E-state index contributed by atoms with van der Waals surface area (Å²) in [4.78, 5) is 9.83. The molecule has 1 aromatic carbocycles. The number of nitrogens with zero attached hydrogens (tertiary/aromatic N) is 1. The Balaban J connectivity index is 2.95. The van der Waals surface area contributed by atoms with E-state index in [4.69, 9.17) is 0 Å². The van der Waals surface area contributed by atoms with Crippen molar-refractivity contribution in [3.63, 3.8) is 0 Å². The molecule has 0 spiro atoms. The topological polar surface area (TPSA) is 64.4 Å². The van der Waals surface area contributed by atoms with E-state index in [0.29, 0.717) is 5.69 Å². The van der Waals surface area contributed by atoms with Crippen LogP contribution in [0.4, 0.5) is 24.5 Å². The Morgan fingerprint density at radius 3 is 2.59 bits per heavy atom. The zero-order valence-electron chi connectivity index (χ0n) is 8.75. The molecule has 1 aromatic rings. The van der Waals surface area contributed by atoms with Crippen LogP contribution in [0.3, 0.4) is 0 Å². The first-order valence-corrected chi connectivity index (χ1v) is 4.49. The zero-order valence-corrected chi connectivity index (χ0v) is 8.75. The van der Waals surface area contributed by atoms with Gasteiger partial charge in [-0.05, 0) is 12.1 Å². The molecule has 0 aliphatic heterocycles. The van der Waals surface area contributed by atoms with E-state index in [1.165, 1.54) is 13.1 Å². The second kappa shape index (κ2) is 4.89. The lowest BCUT2D eigenvalue weighted by Crippen LogP contribution is -2.19. The van der Waals surface area contributed by atoms with Gasteiger partial charge >= 0.3 is 11.9 Å². The fourth-order valence-corrected chi connectivity index (χ4v) is 1.10.